The fraction of sp³-hybridized carbons (Fsp3) is 0.263. The number of ketones is 1. The first kappa shape index (κ1) is 17.5. The molecular formula is C19H18O5. The van der Waals surface area contributed by atoms with Crippen LogP contribution in [-0.4, -0.2) is 37.7 Å². The third-order valence-corrected chi connectivity index (χ3v) is 3.34. The fourth-order valence-corrected chi connectivity index (χ4v) is 1.91. The smallest absolute Gasteiger partial charge is 0.339 e. The minimum absolute atomic E-state index is 0.0187. The van der Waals surface area contributed by atoms with Crippen LogP contribution in [0, 0.1) is 11.8 Å². The van der Waals surface area contributed by atoms with E-state index in [1.165, 1.54) is 12.2 Å². The van der Waals surface area contributed by atoms with Crippen molar-refractivity contribution in [1.29, 1.82) is 0 Å². The summed E-state index contributed by atoms with van der Waals surface area (Å²) >= 11 is 0. The van der Waals surface area contributed by atoms with Gasteiger partial charge in [-0.25, -0.2) is 4.79 Å². The summed E-state index contributed by atoms with van der Waals surface area (Å²) < 4.78 is 15.7. The molecule has 0 atom stereocenters. The normalized spacial score (nSPS) is 14.7. The van der Waals surface area contributed by atoms with E-state index in [-0.39, 0.29) is 19.0 Å². The van der Waals surface area contributed by atoms with Crippen LogP contribution >= 0.6 is 0 Å². The number of hydrogen-bond donors (Lipinski definition) is 0. The SMILES string of the molecule is COc1ccc(C(=O)OCC#CCOC2(C)C=CC(=O)C=C2)cc1. The number of carbonyl (C=O) groups excluding carboxylic acids is 2. The van der Waals surface area contributed by atoms with Crippen LogP contribution < -0.4 is 4.74 Å². The van der Waals surface area contributed by atoms with E-state index in [1.807, 2.05) is 6.92 Å². The maximum Gasteiger partial charge on any atom is 0.339 e. The predicted octanol–water partition coefficient (Wildman–Crippen LogP) is 2.33. The maximum atomic E-state index is 11.8. The molecule has 0 saturated carbocycles. The van der Waals surface area contributed by atoms with Crippen molar-refractivity contribution in [3.63, 3.8) is 0 Å². The van der Waals surface area contributed by atoms with Gasteiger partial charge in [0.05, 0.1) is 12.7 Å². The van der Waals surface area contributed by atoms with E-state index < -0.39 is 11.6 Å². The summed E-state index contributed by atoms with van der Waals surface area (Å²) in [5.74, 6) is 5.65. The molecule has 24 heavy (non-hydrogen) atoms. The van der Waals surface area contributed by atoms with E-state index >= 15 is 0 Å². The van der Waals surface area contributed by atoms with Crippen molar-refractivity contribution in [2.75, 3.05) is 20.3 Å². The molecule has 0 unspecified atom stereocenters. The Bertz CT molecular complexity index is 700. The average Bonchev–Trinajstić information content (AvgIpc) is 2.61. The summed E-state index contributed by atoms with van der Waals surface area (Å²) in [6.45, 7) is 1.98. The van der Waals surface area contributed by atoms with Gasteiger partial charge in [0.1, 0.15) is 18.0 Å². The van der Waals surface area contributed by atoms with Gasteiger partial charge in [-0.3, -0.25) is 4.79 Å². The zero-order chi connectivity index (χ0) is 17.4. The zero-order valence-electron chi connectivity index (χ0n) is 13.6. The van der Waals surface area contributed by atoms with Crippen LogP contribution in [0.1, 0.15) is 17.3 Å². The Morgan fingerprint density at radius 2 is 1.71 bits per heavy atom. The van der Waals surface area contributed by atoms with Crippen molar-refractivity contribution < 1.29 is 23.8 Å². The van der Waals surface area contributed by atoms with Gasteiger partial charge in [0.2, 0.25) is 0 Å². The molecule has 5 nitrogen and oxygen atoms in total. The van der Waals surface area contributed by atoms with Gasteiger partial charge in [0.15, 0.2) is 12.4 Å². The van der Waals surface area contributed by atoms with Crippen LogP contribution in [0.5, 0.6) is 5.75 Å². The molecule has 0 saturated heterocycles. The minimum atomic E-state index is -0.637. The van der Waals surface area contributed by atoms with Crippen molar-refractivity contribution >= 4 is 11.8 Å². The Balaban J connectivity index is 1.73. The molecule has 1 aromatic carbocycles. The Labute approximate surface area is 140 Å². The van der Waals surface area contributed by atoms with Gasteiger partial charge in [-0.15, -0.1) is 0 Å². The second kappa shape index (κ2) is 8.14. The molecule has 5 heteroatoms. The third-order valence-electron chi connectivity index (χ3n) is 3.34. The number of ether oxygens (including phenoxy) is 3. The van der Waals surface area contributed by atoms with Gasteiger partial charge in [-0.1, -0.05) is 11.8 Å². The minimum Gasteiger partial charge on any atom is -0.497 e. The van der Waals surface area contributed by atoms with E-state index in [4.69, 9.17) is 14.2 Å². The van der Waals surface area contributed by atoms with Gasteiger partial charge >= 0.3 is 5.97 Å². The molecule has 0 spiro atoms. The largest absolute Gasteiger partial charge is 0.497 e. The van der Waals surface area contributed by atoms with Crippen LogP contribution in [-0.2, 0) is 14.3 Å². The van der Waals surface area contributed by atoms with E-state index in [1.54, 1.807) is 43.5 Å². The van der Waals surface area contributed by atoms with Crippen LogP contribution in [0.3, 0.4) is 0 Å². The van der Waals surface area contributed by atoms with Crippen molar-refractivity contribution in [2.45, 2.75) is 12.5 Å². The topological polar surface area (TPSA) is 61.8 Å². The summed E-state index contributed by atoms with van der Waals surface area (Å²) in [6.07, 6.45) is 6.29. The molecule has 0 aromatic heterocycles. The molecule has 1 aromatic rings. The average molecular weight is 326 g/mol. The zero-order valence-corrected chi connectivity index (χ0v) is 13.6. The van der Waals surface area contributed by atoms with Gasteiger partial charge in [0.25, 0.3) is 0 Å². The number of rotatable bonds is 5. The van der Waals surface area contributed by atoms with Crippen molar-refractivity contribution in [3.05, 3.63) is 54.1 Å². The van der Waals surface area contributed by atoms with Crippen LogP contribution in [0.25, 0.3) is 0 Å². The summed E-state index contributed by atoms with van der Waals surface area (Å²) in [5, 5.41) is 0. The third kappa shape index (κ3) is 5.11. The molecule has 0 heterocycles. The molecule has 0 amide bonds. The standard InChI is InChI=1S/C19H18O5/c1-19(11-9-16(20)10-12-19)24-14-4-3-13-23-18(21)15-5-7-17(22-2)8-6-15/h5-12H,13-14H2,1-2H3. The van der Waals surface area contributed by atoms with Gasteiger partial charge < -0.3 is 14.2 Å². The van der Waals surface area contributed by atoms with Gasteiger partial charge in [-0.2, -0.15) is 0 Å². The lowest BCUT2D eigenvalue weighted by atomic mass is 10.00. The summed E-state index contributed by atoms with van der Waals surface area (Å²) in [7, 11) is 1.56. The molecule has 0 radical (unpaired) electrons. The number of carbonyl (C=O) groups is 2. The Hall–Kier alpha value is -2.84. The first-order chi connectivity index (χ1) is 11.5. The molecule has 0 aliphatic heterocycles. The maximum absolute atomic E-state index is 11.8. The molecule has 0 fully saturated rings. The number of hydrogen-bond acceptors (Lipinski definition) is 5. The van der Waals surface area contributed by atoms with Crippen molar-refractivity contribution in [1.82, 2.24) is 0 Å². The van der Waals surface area contributed by atoms with Gasteiger partial charge in [0, 0.05) is 0 Å². The van der Waals surface area contributed by atoms with Gasteiger partial charge in [-0.05, 0) is 55.5 Å². The summed E-state index contributed by atoms with van der Waals surface area (Å²) in [5.41, 5.74) is -0.203. The first-order valence-electron chi connectivity index (χ1n) is 7.36. The number of methoxy groups -OCH3 is 1. The Kier molecular flexibility index (Phi) is 5.94. The monoisotopic (exact) mass is 326 g/mol. The fourth-order valence-electron chi connectivity index (χ4n) is 1.91. The van der Waals surface area contributed by atoms with E-state index in [0.29, 0.717) is 11.3 Å². The highest BCUT2D eigenvalue weighted by Gasteiger charge is 2.20. The van der Waals surface area contributed by atoms with Crippen LogP contribution in [0.2, 0.25) is 0 Å². The van der Waals surface area contributed by atoms with E-state index in [0.717, 1.165) is 0 Å². The lowest BCUT2D eigenvalue weighted by molar-refractivity contribution is -0.110. The van der Waals surface area contributed by atoms with E-state index in [2.05, 4.69) is 11.8 Å². The second-order valence-corrected chi connectivity index (χ2v) is 5.20. The predicted molar refractivity (Wildman–Crippen MR) is 88.7 cm³/mol. The van der Waals surface area contributed by atoms with Crippen molar-refractivity contribution in [2.24, 2.45) is 0 Å². The van der Waals surface area contributed by atoms with Crippen LogP contribution in [0.15, 0.2) is 48.6 Å². The Morgan fingerprint density at radius 1 is 1.08 bits per heavy atom. The summed E-state index contributed by atoms with van der Waals surface area (Å²) in [6, 6.07) is 6.63. The number of esters is 1. The van der Waals surface area contributed by atoms with E-state index in [9.17, 15) is 9.59 Å². The lowest BCUT2D eigenvalue weighted by Crippen LogP contribution is -2.26. The molecule has 0 bridgehead atoms. The Morgan fingerprint density at radius 3 is 2.33 bits per heavy atom. The molecule has 124 valence electrons. The lowest BCUT2D eigenvalue weighted by Gasteiger charge is -2.22. The van der Waals surface area contributed by atoms with Crippen molar-refractivity contribution in [3.8, 4) is 17.6 Å². The number of allylic oxidation sites excluding steroid dienone is 2. The molecule has 1 aliphatic carbocycles. The highest BCUT2D eigenvalue weighted by Crippen LogP contribution is 2.17. The van der Waals surface area contributed by atoms with Crippen LogP contribution in [0.4, 0.5) is 0 Å². The molecular weight excluding hydrogens is 308 g/mol. The first-order valence-corrected chi connectivity index (χ1v) is 7.36. The number of benzene rings is 1. The molecule has 2 rings (SSSR count). The molecule has 1 aliphatic rings. The quantitative estimate of drug-likeness (QED) is 0.614. The summed E-state index contributed by atoms with van der Waals surface area (Å²) in [4.78, 5) is 22.9. The highest BCUT2D eigenvalue weighted by atomic mass is 16.5. The second-order valence-electron chi connectivity index (χ2n) is 5.20. The molecule has 0 N–H and O–H groups in total. The highest BCUT2D eigenvalue weighted by molar-refractivity contribution is 6.00.